The number of thioether (sulfide) groups is 1. The molecule has 1 aromatic rings. The van der Waals surface area contributed by atoms with Gasteiger partial charge >= 0.3 is 0 Å². The average Bonchev–Trinajstić information content (AvgIpc) is 2.92. The zero-order valence-corrected chi connectivity index (χ0v) is 12.0. The van der Waals surface area contributed by atoms with Crippen LogP contribution >= 0.6 is 11.8 Å². The molecule has 1 atom stereocenters. The number of nitrogens with zero attached hydrogens (tertiary/aromatic N) is 3. The van der Waals surface area contributed by atoms with Gasteiger partial charge in [-0.15, -0.1) is 0 Å². The zero-order valence-electron chi connectivity index (χ0n) is 11.2. The van der Waals surface area contributed by atoms with E-state index in [1.807, 2.05) is 18.7 Å². The molecule has 1 fully saturated rings. The Kier molecular flexibility index (Phi) is 4.29. The summed E-state index contributed by atoms with van der Waals surface area (Å²) in [5.41, 5.74) is 3.70. The van der Waals surface area contributed by atoms with E-state index in [-0.39, 0.29) is 0 Å². The van der Waals surface area contributed by atoms with Crippen molar-refractivity contribution in [2.45, 2.75) is 32.7 Å². The van der Waals surface area contributed by atoms with E-state index in [0.717, 1.165) is 29.4 Å². The SMILES string of the molecule is CCc1nc(NN)c(C)c(N(C)C2CCSC2)n1. The molecule has 1 aromatic heterocycles. The first-order valence-electron chi connectivity index (χ1n) is 6.32. The highest BCUT2D eigenvalue weighted by Crippen LogP contribution is 2.29. The van der Waals surface area contributed by atoms with Crippen molar-refractivity contribution in [2.75, 3.05) is 28.9 Å². The second-order valence-electron chi connectivity index (χ2n) is 4.56. The second-order valence-corrected chi connectivity index (χ2v) is 5.71. The van der Waals surface area contributed by atoms with Gasteiger partial charge in [0.2, 0.25) is 0 Å². The summed E-state index contributed by atoms with van der Waals surface area (Å²) in [6.45, 7) is 4.07. The number of hydrogen-bond donors (Lipinski definition) is 2. The van der Waals surface area contributed by atoms with Crippen molar-refractivity contribution in [1.29, 1.82) is 0 Å². The Morgan fingerprint density at radius 3 is 2.83 bits per heavy atom. The van der Waals surface area contributed by atoms with E-state index in [9.17, 15) is 0 Å². The van der Waals surface area contributed by atoms with Crippen LogP contribution in [0.4, 0.5) is 11.6 Å². The molecule has 0 aliphatic carbocycles. The zero-order chi connectivity index (χ0) is 13.1. The number of hydrogen-bond acceptors (Lipinski definition) is 6. The fourth-order valence-electron chi connectivity index (χ4n) is 2.19. The molecule has 0 spiro atoms. The molecule has 0 aromatic carbocycles. The minimum atomic E-state index is 0.568. The van der Waals surface area contributed by atoms with Crippen LogP contribution in [0.2, 0.25) is 0 Å². The summed E-state index contributed by atoms with van der Waals surface area (Å²) < 4.78 is 0. The third kappa shape index (κ3) is 2.54. The van der Waals surface area contributed by atoms with Crippen LogP contribution < -0.4 is 16.2 Å². The number of aryl methyl sites for hydroxylation is 1. The highest BCUT2D eigenvalue weighted by atomic mass is 32.2. The Labute approximate surface area is 113 Å². The summed E-state index contributed by atoms with van der Waals surface area (Å²) in [7, 11) is 2.12. The molecular weight excluding hydrogens is 246 g/mol. The van der Waals surface area contributed by atoms with Crippen molar-refractivity contribution in [3.8, 4) is 0 Å². The average molecular weight is 267 g/mol. The quantitative estimate of drug-likeness (QED) is 0.637. The van der Waals surface area contributed by atoms with Crippen LogP contribution in [-0.2, 0) is 6.42 Å². The van der Waals surface area contributed by atoms with Gasteiger partial charge in [0.05, 0.1) is 0 Å². The lowest BCUT2D eigenvalue weighted by Crippen LogP contribution is -2.33. The maximum Gasteiger partial charge on any atom is 0.148 e. The molecule has 0 radical (unpaired) electrons. The Bertz CT molecular complexity index is 417. The standard InChI is InChI=1S/C12H21N5S/c1-4-10-14-11(16-13)8(2)12(15-10)17(3)9-5-6-18-7-9/h9H,4-7,13H2,1-3H3,(H,14,15,16). The predicted molar refractivity (Wildman–Crippen MR) is 78.1 cm³/mol. The van der Waals surface area contributed by atoms with Gasteiger partial charge in [0, 0.05) is 30.8 Å². The number of nitrogens with two attached hydrogens (primary N) is 1. The van der Waals surface area contributed by atoms with Gasteiger partial charge < -0.3 is 10.3 Å². The fraction of sp³-hybridized carbons (Fsp3) is 0.667. The molecule has 2 rings (SSSR count). The summed E-state index contributed by atoms with van der Waals surface area (Å²) >= 11 is 2.01. The Hall–Kier alpha value is -1.01. The van der Waals surface area contributed by atoms with Crippen molar-refractivity contribution in [2.24, 2.45) is 5.84 Å². The Balaban J connectivity index is 2.35. The number of aromatic nitrogens is 2. The van der Waals surface area contributed by atoms with E-state index in [0.29, 0.717) is 6.04 Å². The molecule has 0 bridgehead atoms. The van der Waals surface area contributed by atoms with Crippen LogP contribution in [-0.4, -0.2) is 34.6 Å². The normalized spacial score (nSPS) is 19.0. The van der Waals surface area contributed by atoms with E-state index >= 15 is 0 Å². The van der Waals surface area contributed by atoms with E-state index in [1.54, 1.807) is 0 Å². The van der Waals surface area contributed by atoms with Crippen LogP contribution in [0, 0.1) is 6.92 Å². The first kappa shape index (κ1) is 13.4. The predicted octanol–water partition coefficient (Wildman–Crippen LogP) is 1.57. The van der Waals surface area contributed by atoms with Crippen molar-refractivity contribution < 1.29 is 0 Å². The smallest absolute Gasteiger partial charge is 0.148 e. The largest absolute Gasteiger partial charge is 0.355 e. The van der Waals surface area contributed by atoms with Crippen LogP contribution in [0.15, 0.2) is 0 Å². The minimum Gasteiger partial charge on any atom is -0.355 e. The Morgan fingerprint density at radius 2 is 2.28 bits per heavy atom. The summed E-state index contributed by atoms with van der Waals surface area (Å²) in [5.74, 6) is 10.5. The summed E-state index contributed by atoms with van der Waals surface area (Å²) in [6, 6.07) is 0.568. The highest BCUT2D eigenvalue weighted by molar-refractivity contribution is 7.99. The molecule has 3 N–H and O–H groups in total. The van der Waals surface area contributed by atoms with E-state index in [2.05, 4.69) is 34.3 Å². The lowest BCUT2D eigenvalue weighted by molar-refractivity contribution is 0.685. The Morgan fingerprint density at radius 1 is 1.50 bits per heavy atom. The molecule has 1 aliphatic rings. The summed E-state index contributed by atoms with van der Waals surface area (Å²) in [5, 5.41) is 0. The van der Waals surface area contributed by atoms with Gasteiger partial charge in [-0.3, -0.25) is 0 Å². The lowest BCUT2D eigenvalue weighted by atomic mass is 10.2. The minimum absolute atomic E-state index is 0.568. The third-order valence-corrected chi connectivity index (χ3v) is 4.55. The van der Waals surface area contributed by atoms with Crippen molar-refractivity contribution >= 4 is 23.4 Å². The third-order valence-electron chi connectivity index (χ3n) is 3.41. The molecule has 6 heteroatoms. The molecule has 100 valence electrons. The molecule has 1 saturated heterocycles. The van der Waals surface area contributed by atoms with Gasteiger partial charge in [0.1, 0.15) is 17.5 Å². The number of nitrogen functional groups attached to an aromatic ring is 1. The summed E-state index contributed by atoms with van der Waals surface area (Å²) in [6.07, 6.45) is 2.03. The molecule has 2 heterocycles. The van der Waals surface area contributed by atoms with Crippen molar-refractivity contribution in [3.63, 3.8) is 0 Å². The molecule has 1 unspecified atom stereocenters. The van der Waals surface area contributed by atoms with E-state index in [1.165, 1.54) is 17.9 Å². The fourth-order valence-corrected chi connectivity index (χ4v) is 3.46. The van der Waals surface area contributed by atoms with Crippen LogP contribution in [0.3, 0.4) is 0 Å². The van der Waals surface area contributed by atoms with Gasteiger partial charge in [-0.1, -0.05) is 6.92 Å². The number of nitrogens with one attached hydrogen (secondary N) is 1. The lowest BCUT2D eigenvalue weighted by Gasteiger charge is -2.27. The number of anilines is 2. The first-order valence-corrected chi connectivity index (χ1v) is 7.47. The molecule has 18 heavy (non-hydrogen) atoms. The monoisotopic (exact) mass is 267 g/mol. The molecule has 1 aliphatic heterocycles. The molecule has 5 nitrogen and oxygen atoms in total. The molecule has 0 amide bonds. The van der Waals surface area contributed by atoms with E-state index in [4.69, 9.17) is 5.84 Å². The van der Waals surface area contributed by atoms with Crippen molar-refractivity contribution in [1.82, 2.24) is 9.97 Å². The van der Waals surface area contributed by atoms with Crippen LogP contribution in [0.25, 0.3) is 0 Å². The molecule has 0 saturated carbocycles. The second kappa shape index (κ2) is 5.75. The van der Waals surface area contributed by atoms with Crippen LogP contribution in [0.5, 0.6) is 0 Å². The topological polar surface area (TPSA) is 67.1 Å². The van der Waals surface area contributed by atoms with Gasteiger partial charge in [-0.2, -0.15) is 11.8 Å². The van der Waals surface area contributed by atoms with Gasteiger partial charge in [-0.25, -0.2) is 15.8 Å². The maximum absolute atomic E-state index is 5.53. The van der Waals surface area contributed by atoms with Crippen LogP contribution in [0.1, 0.15) is 24.7 Å². The number of rotatable bonds is 4. The first-order chi connectivity index (χ1) is 8.67. The van der Waals surface area contributed by atoms with Gasteiger partial charge in [0.15, 0.2) is 0 Å². The van der Waals surface area contributed by atoms with Gasteiger partial charge in [0.25, 0.3) is 0 Å². The van der Waals surface area contributed by atoms with Crippen molar-refractivity contribution in [3.05, 3.63) is 11.4 Å². The molecular formula is C12H21N5S. The summed E-state index contributed by atoms with van der Waals surface area (Å²) in [4.78, 5) is 11.3. The number of hydrazine groups is 1. The highest BCUT2D eigenvalue weighted by Gasteiger charge is 2.23. The van der Waals surface area contributed by atoms with E-state index < -0.39 is 0 Å². The maximum atomic E-state index is 5.53. The van der Waals surface area contributed by atoms with Gasteiger partial charge in [-0.05, 0) is 19.1 Å².